The number of aliphatic carboxylic acids is 1. The molecule has 0 heterocycles. The van der Waals surface area contributed by atoms with Gasteiger partial charge in [0.2, 0.25) is 0 Å². The Morgan fingerprint density at radius 1 is 1.50 bits per heavy atom. The molecule has 0 aromatic carbocycles. The molecule has 0 aromatic heterocycles. The summed E-state index contributed by atoms with van der Waals surface area (Å²) in [5.41, 5.74) is 5.31. The predicted octanol–water partition coefficient (Wildman–Crippen LogP) is 1.28. The van der Waals surface area contributed by atoms with Gasteiger partial charge in [-0.3, -0.25) is 4.79 Å². The Morgan fingerprint density at radius 2 is 2.00 bits per heavy atom. The molecule has 2 atom stereocenters. The Labute approximate surface area is 78.7 Å². The molecule has 0 spiro atoms. The van der Waals surface area contributed by atoms with Gasteiger partial charge >= 0.3 is 5.97 Å². The third-order valence-electron chi connectivity index (χ3n) is 1.70. The SMILES string of the molecule is CC(S)CCCCC(N)C(=O)O. The summed E-state index contributed by atoms with van der Waals surface area (Å²) in [7, 11) is 0. The first kappa shape index (κ1) is 11.8. The van der Waals surface area contributed by atoms with Gasteiger partial charge in [-0.25, -0.2) is 0 Å². The highest BCUT2D eigenvalue weighted by Gasteiger charge is 2.09. The third-order valence-corrected chi connectivity index (χ3v) is 1.96. The lowest BCUT2D eigenvalue weighted by molar-refractivity contribution is -0.138. The van der Waals surface area contributed by atoms with Crippen LogP contribution in [0.1, 0.15) is 32.6 Å². The van der Waals surface area contributed by atoms with E-state index in [4.69, 9.17) is 10.8 Å². The minimum atomic E-state index is -0.908. The molecule has 0 rings (SSSR count). The van der Waals surface area contributed by atoms with Gasteiger partial charge in [-0.2, -0.15) is 12.6 Å². The molecule has 12 heavy (non-hydrogen) atoms. The van der Waals surface area contributed by atoms with Gasteiger partial charge in [0.05, 0.1) is 0 Å². The zero-order valence-corrected chi connectivity index (χ0v) is 8.26. The zero-order chi connectivity index (χ0) is 9.56. The molecule has 0 radical (unpaired) electrons. The highest BCUT2D eigenvalue weighted by atomic mass is 32.1. The number of unbranched alkanes of at least 4 members (excludes halogenated alkanes) is 1. The maximum atomic E-state index is 10.3. The van der Waals surface area contributed by atoms with Gasteiger partial charge in [0.25, 0.3) is 0 Å². The van der Waals surface area contributed by atoms with Gasteiger partial charge in [-0.05, 0) is 18.1 Å². The maximum Gasteiger partial charge on any atom is 0.320 e. The molecular weight excluding hydrogens is 174 g/mol. The van der Waals surface area contributed by atoms with Crippen LogP contribution >= 0.6 is 12.6 Å². The van der Waals surface area contributed by atoms with Crippen molar-refractivity contribution in [3.63, 3.8) is 0 Å². The monoisotopic (exact) mass is 191 g/mol. The van der Waals surface area contributed by atoms with E-state index in [9.17, 15) is 4.79 Å². The first-order valence-electron chi connectivity index (χ1n) is 4.20. The van der Waals surface area contributed by atoms with Crippen LogP contribution in [0, 0.1) is 0 Å². The molecule has 3 N–H and O–H groups in total. The number of carboxylic acid groups (broad SMARTS) is 1. The van der Waals surface area contributed by atoms with E-state index in [0.717, 1.165) is 19.3 Å². The first-order chi connectivity index (χ1) is 5.54. The average Bonchev–Trinajstić information content (AvgIpc) is 1.97. The molecule has 0 saturated carbocycles. The molecule has 0 aromatic rings. The second-order valence-corrected chi connectivity index (χ2v) is 3.96. The van der Waals surface area contributed by atoms with Crippen LogP contribution in [0.15, 0.2) is 0 Å². The van der Waals surface area contributed by atoms with Crippen molar-refractivity contribution in [1.82, 2.24) is 0 Å². The van der Waals surface area contributed by atoms with Crippen LogP contribution in [0.25, 0.3) is 0 Å². The van der Waals surface area contributed by atoms with Crippen LogP contribution in [-0.2, 0) is 4.79 Å². The maximum absolute atomic E-state index is 10.3. The topological polar surface area (TPSA) is 63.3 Å². The Balaban J connectivity index is 3.25. The lowest BCUT2D eigenvalue weighted by Gasteiger charge is -2.06. The van der Waals surface area contributed by atoms with E-state index in [-0.39, 0.29) is 0 Å². The summed E-state index contributed by atoms with van der Waals surface area (Å²) >= 11 is 4.22. The number of carboxylic acids is 1. The van der Waals surface area contributed by atoms with Crippen LogP contribution in [0.2, 0.25) is 0 Å². The Morgan fingerprint density at radius 3 is 2.42 bits per heavy atom. The quantitative estimate of drug-likeness (QED) is 0.438. The van der Waals surface area contributed by atoms with Crippen LogP contribution < -0.4 is 5.73 Å². The van der Waals surface area contributed by atoms with Crippen molar-refractivity contribution in [3.05, 3.63) is 0 Å². The van der Waals surface area contributed by atoms with Crippen LogP contribution in [0.5, 0.6) is 0 Å². The number of hydrogen-bond acceptors (Lipinski definition) is 3. The van der Waals surface area contributed by atoms with E-state index in [2.05, 4.69) is 12.6 Å². The largest absolute Gasteiger partial charge is 0.480 e. The summed E-state index contributed by atoms with van der Waals surface area (Å²) in [5.74, 6) is -0.908. The highest BCUT2D eigenvalue weighted by Crippen LogP contribution is 2.08. The van der Waals surface area contributed by atoms with E-state index in [1.807, 2.05) is 6.92 Å². The van der Waals surface area contributed by atoms with Gasteiger partial charge in [0.1, 0.15) is 6.04 Å². The summed E-state index contributed by atoms with van der Waals surface area (Å²) in [6.07, 6.45) is 3.47. The Bertz CT molecular complexity index is 139. The fourth-order valence-corrected chi connectivity index (χ4v) is 1.11. The number of hydrogen-bond donors (Lipinski definition) is 3. The van der Waals surface area contributed by atoms with Crippen molar-refractivity contribution >= 4 is 18.6 Å². The minimum Gasteiger partial charge on any atom is -0.480 e. The van der Waals surface area contributed by atoms with E-state index >= 15 is 0 Å². The second-order valence-electron chi connectivity index (χ2n) is 3.08. The molecule has 0 aliphatic carbocycles. The number of nitrogens with two attached hydrogens (primary N) is 1. The smallest absolute Gasteiger partial charge is 0.320 e. The van der Waals surface area contributed by atoms with E-state index in [0.29, 0.717) is 11.7 Å². The van der Waals surface area contributed by atoms with Gasteiger partial charge < -0.3 is 10.8 Å². The third kappa shape index (κ3) is 6.49. The number of rotatable bonds is 6. The van der Waals surface area contributed by atoms with Crippen molar-refractivity contribution in [2.45, 2.75) is 43.9 Å². The summed E-state index contributed by atoms with van der Waals surface area (Å²) in [6, 6.07) is -0.694. The van der Waals surface area contributed by atoms with Crippen molar-refractivity contribution in [1.29, 1.82) is 0 Å². The van der Waals surface area contributed by atoms with Crippen LogP contribution in [0.3, 0.4) is 0 Å². The van der Waals surface area contributed by atoms with Crippen LogP contribution in [0.4, 0.5) is 0 Å². The number of thiol groups is 1. The summed E-state index contributed by atoms with van der Waals surface area (Å²) in [5, 5.41) is 8.84. The lowest BCUT2D eigenvalue weighted by atomic mass is 10.1. The standard InChI is InChI=1S/C8H17NO2S/c1-6(12)4-2-3-5-7(9)8(10)11/h6-7,12H,2-5,9H2,1H3,(H,10,11). The molecule has 2 unspecified atom stereocenters. The van der Waals surface area contributed by atoms with Crippen LogP contribution in [-0.4, -0.2) is 22.4 Å². The molecule has 4 heteroatoms. The Kier molecular flexibility index (Phi) is 6.20. The second kappa shape index (κ2) is 6.31. The molecular formula is C8H17NO2S. The van der Waals surface area contributed by atoms with Gasteiger partial charge in [0.15, 0.2) is 0 Å². The molecule has 0 bridgehead atoms. The fraction of sp³-hybridized carbons (Fsp3) is 0.875. The van der Waals surface area contributed by atoms with Crippen molar-refractivity contribution in [2.75, 3.05) is 0 Å². The summed E-state index contributed by atoms with van der Waals surface area (Å²) in [6.45, 7) is 2.03. The zero-order valence-electron chi connectivity index (χ0n) is 7.36. The molecule has 0 aliphatic rings. The van der Waals surface area contributed by atoms with Gasteiger partial charge in [0, 0.05) is 0 Å². The molecule has 0 amide bonds. The molecule has 72 valence electrons. The van der Waals surface area contributed by atoms with Crippen molar-refractivity contribution in [3.8, 4) is 0 Å². The molecule has 0 fully saturated rings. The lowest BCUT2D eigenvalue weighted by Crippen LogP contribution is -2.29. The normalized spacial score (nSPS) is 15.6. The van der Waals surface area contributed by atoms with E-state index < -0.39 is 12.0 Å². The van der Waals surface area contributed by atoms with E-state index in [1.54, 1.807) is 0 Å². The Hall–Kier alpha value is -0.220. The average molecular weight is 191 g/mol. The van der Waals surface area contributed by atoms with Crippen molar-refractivity contribution in [2.24, 2.45) is 5.73 Å². The van der Waals surface area contributed by atoms with Gasteiger partial charge in [-0.1, -0.05) is 19.8 Å². The molecule has 0 aliphatic heterocycles. The van der Waals surface area contributed by atoms with Gasteiger partial charge in [-0.15, -0.1) is 0 Å². The summed E-state index contributed by atoms with van der Waals surface area (Å²) < 4.78 is 0. The predicted molar refractivity (Wildman–Crippen MR) is 52.5 cm³/mol. The van der Waals surface area contributed by atoms with E-state index in [1.165, 1.54) is 0 Å². The molecule has 3 nitrogen and oxygen atoms in total. The fourth-order valence-electron chi connectivity index (χ4n) is 0.927. The van der Waals surface area contributed by atoms with Crippen molar-refractivity contribution < 1.29 is 9.90 Å². The highest BCUT2D eigenvalue weighted by molar-refractivity contribution is 7.80. The number of carbonyl (C=O) groups is 1. The minimum absolute atomic E-state index is 0.394. The molecule has 0 saturated heterocycles. The summed E-state index contributed by atoms with van der Waals surface area (Å²) in [4.78, 5) is 10.3. The first-order valence-corrected chi connectivity index (χ1v) is 4.72.